The van der Waals surface area contributed by atoms with E-state index in [1.165, 1.54) is 11.3 Å². The fourth-order valence-corrected chi connectivity index (χ4v) is 4.91. The van der Waals surface area contributed by atoms with E-state index in [0.29, 0.717) is 28.1 Å². The number of ketones is 1. The van der Waals surface area contributed by atoms with E-state index in [1.54, 1.807) is 48.2 Å². The Morgan fingerprint density at radius 1 is 0.970 bits per heavy atom. The van der Waals surface area contributed by atoms with Crippen molar-refractivity contribution in [3.63, 3.8) is 0 Å². The first-order valence-corrected chi connectivity index (χ1v) is 12.9. The van der Waals surface area contributed by atoms with E-state index in [-0.39, 0.29) is 11.7 Å². The van der Waals surface area contributed by atoms with Gasteiger partial charge in [-0.25, -0.2) is 0 Å². The summed E-state index contributed by atoms with van der Waals surface area (Å²) in [5, 5.41) is 0. The fraction of sp³-hybridized carbons (Fsp3) is 0.192. The highest BCUT2D eigenvalue weighted by Crippen LogP contribution is 2.24. The maximum Gasteiger partial charge on any atom is 0.279 e. The monoisotopic (exact) mass is 476 g/mol. The summed E-state index contributed by atoms with van der Waals surface area (Å²) in [6.45, 7) is 3.31. The van der Waals surface area contributed by atoms with Gasteiger partial charge in [-0.2, -0.15) is 16.8 Å². The number of ether oxygens (including phenoxy) is 1. The molecule has 0 unspecified atom stereocenters. The first-order chi connectivity index (χ1) is 16.1. The largest absolute Gasteiger partial charge is 0.494 e. The molecule has 0 fully saturated rings. The standard InChI is InChI=1S/C26H24N2O3S2/c1-3-31-21-13-14-22-23(17-21)33-26(28(22)15-16-32-2)27-25(30)20-11-9-19(10-12-20)24(29)18-7-5-4-6-8-18/h4-14,17H,3,15-16H2,1-2H3. The summed E-state index contributed by atoms with van der Waals surface area (Å²) in [7, 11) is 0. The molecular weight excluding hydrogens is 452 g/mol. The van der Waals surface area contributed by atoms with Crippen LogP contribution < -0.4 is 9.54 Å². The number of amides is 1. The smallest absolute Gasteiger partial charge is 0.279 e. The molecule has 168 valence electrons. The van der Waals surface area contributed by atoms with Crippen molar-refractivity contribution in [3.05, 3.63) is 94.3 Å². The average molecular weight is 477 g/mol. The number of carbonyl (C=O) groups is 2. The van der Waals surface area contributed by atoms with E-state index in [4.69, 9.17) is 4.74 Å². The van der Waals surface area contributed by atoms with Crippen LogP contribution in [0.4, 0.5) is 0 Å². The number of aromatic nitrogens is 1. The molecule has 1 aromatic heterocycles. The number of fused-ring (bicyclic) bond motifs is 1. The van der Waals surface area contributed by atoms with Crippen molar-refractivity contribution in [1.82, 2.24) is 4.57 Å². The summed E-state index contributed by atoms with van der Waals surface area (Å²) >= 11 is 3.22. The number of thiazole rings is 1. The Labute approximate surface area is 200 Å². The van der Waals surface area contributed by atoms with E-state index in [9.17, 15) is 9.59 Å². The molecule has 0 N–H and O–H groups in total. The van der Waals surface area contributed by atoms with Gasteiger partial charge in [-0.1, -0.05) is 53.8 Å². The summed E-state index contributed by atoms with van der Waals surface area (Å²) in [6, 6.07) is 21.7. The Balaban J connectivity index is 1.65. The molecule has 5 nitrogen and oxygen atoms in total. The molecule has 4 aromatic rings. The molecule has 1 heterocycles. The zero-order valence-corrected chi connectivity index (χ0v) is 20.1. The van der Waals surface area contributed by atoms with Crippen LogP contribution in [0, 0.1) is 0 Å². The zero-order valence-electron chi connectivity index (χ0n) is 18.5. The van der Waals surface area contributed by atoms with Crippen LogP contribution >= 0.6 is 23.1 Å². The SMILES string of the molecule is CCOc1ccc2c(c1)sc(=NC(=O)c1ccc(C(=O)c3ccccc3)cc1)n2CCSC. The van der Waals surface area contributed by atoms with Gasteiger partial charge in [-0.05, 0) is 43.5 Å². The molecule has 0 saturated carbocycles. The van der Waals surface area contributed by atoms with Crippen LogP contribution in [0.1, 0.15) is 33.2 Å². The lowest BCUT2D eigenvalue weighted by atomic mass is 10.0. The van der Waals surface area contributed by atoms with Crippen LogP contribution in [-0.2, 0) is 6.54 Å². The van der Waals surface area contributed by atoms with Crippen LogP contribution in [0.5, 0.6) is 5.75 Å². The van der Waals surface area contributed by atoms with E-state index >= 15 is 0 Å². The summed E-state index contributed by atoms with van der Waals surface area (Å²) in [6.07, 6.45) is 2.06. The zero-order chi connectivity index (χ0) is 23.2. The molecule has 7 heteroatoms. The van der Waals surface area contributed by atoms with Crippen molar-refractivity contribution >= 4 is 45.0 Å². The molecule has 0 saturated heterocycles. The van der Waals surface area contributed by atoms with E-state index in [1.807, 2.05) is 43.3 Å². The molecule has 3 aromatic carbocycles. The molecule has 33 heavy (non-hydrogen) atoms. The first-order valence-electron chi connectivity index (χ1n) is 10.6. The van der Waals surface area contributed by atoms with Gasteiger partial charge in [0.25, 0.3) is 5.91 Å². The second kappa shape index (κ2) is 10.6. The number of carbonyl (C=O) groups excluding carboxylic acids is 2. The molecule has 0 radical (unpaired) electrons. The predicted molar refractivity (Wildman–Crippen MR) is 136 cm³/mol. The number of hydrogen-bond donors (Lipinski definition) is 0. The van der Waals surface area contributed by atoms with Crippen LogP contribution in [0.15, 0.2) is 77.8 Å². The molecule has 0 spiro atoms. The summed E-state index contributed by atoms with van der Waals surface area (Å²) in [4.78, 5) is 30.7. The Bertz CT molecular complexity index is 1340. The highest BCUT2D eigenvalue weighted by atomic mass is 32.2. The number of aryl methyl sites for hydroxylation is 1. The highest BCUT2D eigenvalue weighted by Gasteiger charge is 2.12. The Hall–Kier alpha value is -3.16. The minimum absolute atomic E-state index is 0.0731. The van der Waals surface area contributed by atoms with Crippen molar-refractivity contribution in [2.24, 2.45) is 4.99 Å². The van der Waals surface area contributed by atoms with Crippen molar-refractivity contribution in [2.75, 3.05) is 18.6 Å². The lowest BCUT2D eigenvalue weighted by Crippen LogP contribution is -2.18. The predicted octanol–water partition coefficient (Wildman–Crippen LogP) is 5.44. The van der Waals surface area contributed by atoms with Crippen LogP contribution in [-0.4, -0.2) is 34.9 Å². The number of benzene rings is 3. The van der Waals surface area contributed by atoms with Crippen molar-refractivity contribution < 1.29 is 14.3 Å². The molecule has 0 aliphatic rings. The van der Waals surface area contributed by atoms with Crippen molar-refractivity contribution in [2.45, 2.75) is 13.5 Å². The normalized spacial score (nSPS) is 11.6. The topological polar surface area (TPSA) is 60.7 Å². The Morgan fingerprint density at radius 3 is 2.36 bits per heavy atom. The van der Waals surface area contributed by atoms with Gasteiger partial charge in [0.1, 0.15) is 5.75 Å². The lowest BCUT2D eigenvalue weighted by molar-refractivity contribution is 0.0994. The Morgan fingerprint density at radius 2 is 1.67 bits per heavy atom. The van der Waals surface area contributed by atoms with Gasteiger partial charge < -0.3 is 9.30 Å². The number of hydrogen-bond acceptors (Lipinski definition) is 5. The number of rotatable bonds is 8. The molecule has 0 aliphatic carbocycles. The summed E-state index contributed by atoms with van der Waals surface area (Å²) in [5.41, 5.74) is 2.64. The lowest BCUT2D eigenvalue weighted by Gasteiger charge is -2.05. The Kier molecular flexibility index (Phi) is 7.42. The van der Waals surface area contributed by atoms with Crippen molar-refractivity contribution in [1.29, 1.82) is 0 Å². The molecule has 0 aliphatic heterocycles. The third kappa shape index (κ3) is 5.26. The van der Waals surface area contributed by atoms with Crippen LogP contribution in [0.2, 0.25) is 0 Å². The van der Waals surface area contributed by atoms with Gasteiger partial charge in [-0.3, -0.25) is 9.59 Å². The van der Waals surface area contributed by atoms with Gasteiger partial charge in [0.15, 0.2) is 10.6 Å². The molecule has 0 atom stereocenters. The number of nitrogens with zero attached hydrogens (tertiary/aromatic N) is 2. The van der Waals surface area contributed by atoms with Gasteiger partial charge in [-0.15, -0.1) is 0 Å². The van der Waals surface area contributed by atoms with Crippen LogP contribution in [0.3, 0.4) is 0 Å². The van der Waals surface area contributed by atoms with Crippen molar-refractivity contribution in [3.8, 4) is 5.75 Å². The van der Waals surface area contributed by atoms with Crippen LogP contribution in [0.25, 0.3) is 10.2 Å². The third-order valence-electron chi connectivity index (χ3n) is 5.11. The maximum absolute atomic E-state index is 12.9. The van der Waals surface area contributed by atoms with E-state index < -0.39 is 0 Å². The maximum atomic E-state index is 12.9. The molecule has 1 amide bonds. The average Bonchev–Trinajstić information content (AvgIpc) is 3.19. The molecule has 0 bridgehead atoms. The number of thioether (sulfide) groups is 1. The summed E-state index contributed by atoms with van der Waals surface area (Å²) in [5.74, 6) is 1.32. The summed E-state index contributed by atoms with van der Waals surface area (Å²) < 4.78 is 8.73. The van der Waals surface area contributed by atoms with E-state index in [2.05, 4.69) is 15.8 Å². The van der Waals surface area contributed by atoms with E-state index in [0.717, 1.165) is 28.3 Å². The molecule has 4 rings (SSSR count). The van der Waals surface area contributed by atoms with Gasteiger partial charge in [0, 0.05) is 29.0 Å². The minimum Gasteiger partial charge on any atom is -0.494 e. The molecular formula is C26H24N2O3S2. The quantitative estimate of drug-likeness (QED) is 0.318. The third-order valence-corrected chi connectivity index (χ3v) is 6.74. The minimum atomic E-state index is -0.330. The fourth-order valence-electron chi connectivity index (χ4n) is 3.47. The second-order valence-electron chi connectivity index (χ2n) is 7.28. The second-order valence-corrected chi connectivity index (χ2v) is 9.28. The van der Waals surface area contributed by atoms with Gasteiger partial charge in [0.05, 0.1) is 16.8 Å². The first kappa shape index (κ1) is 23.0. The van der Waals surface area contributed by atoms with Gasteiger partial charge >= 0.3 is 0 Å². The highest BCUT2D eigenvalue weighted by molar-refractivity contribution is 7.98. The van der Waals surface area contributed by atoms with Gasteiger partial charge in [0.2, 0.25) is 0 Å².